The number of rotatable bonds is 6. The molecule has 1 aliphatic carbocycles. The van der Waals surface area contributed by atoms with Crippen molar-refractivity contribution >= 4 is 27.7 Å². The Balaban J connectivity index is 1.69. The second-order valence-corrected chi connectivity index (χ2v) is 6.71. The monoisotopic (exact) mass is 382 g/mol. The highest BCUT2D eigenvalue weighted by atomic mass is 79.9. The van der Waals surface area contributed by atoms with Crippen LogP contribution in [0.25, 0.3) is 0 Å². The molecule has 1 fully saturated rings. The third-order valence-electron chi connectivity index (χ3n) is 4.05. The van der Waals surface area contributed by atoms with Gasteiger partial charge in [-0.05, 0) is 58.8 Å². The second kappa shape index (κ2) is 8.91. The summed E-state index contributed by atoms with van der Waals surface area (Å²) in [5.74, 6) is 0.542. The average molecular weight is 383 g/mol. The Morgan fingerprint density at radius 1 is 1.22 bits per heavy atom. The Kier molecular flexibility index (Phi) is 6.89. The van der Waals surface area contributed by atoms with Gasteiger partial charge in [-0.2, -0.15) is 0 Å². The Hall–Kier alpha value is -1.56. The van der Waals surface area contributed by atoms with Crippen LogP contribution in [-0.2, 0) is 16.0 Å². The molecule has 0 spiro atoms. The van der Waals surface area contributed by atoms with E-state index in [1.165, 1.54) is 18.4 Å². The molecule has 1 saturated carbocycles. The van der Waals surface area contributed by atoms with Gasteiger partial charge in [-0.3, -0.25) is 20.4 Å². The second-order valence-electron chi connectivity index (χ2n) is 5.86. The van der Waals surface area contributed by atoms with Crippen molar-refractivity contribution in [2.24, 2.45) is 5.92 Å². The zero-order valence-electron chi connectivity index (χ0n) is 13.4. The van der Waals surface area contributed by atoms with Crippen LogP contribution < -0.4 is 15.6 Å². The first-order valence-corrected chi connectivity index (χ1v) is 8.86. The summed E-state index contributed by atoms with van der Waals surface area (Å²) in [6.45, 7) is 1.93. The first-order valence-electron chi connectivity index (χ1n) is 8.07. The predicted octanol–water partition coefficient (Wildman–Crippen LogP) is 3.12. The molecule has 0 unspecified atom stereocenters. The summed E-state index contributed by atoms with van der Waals surface area (Å²) in [7, 11) is 0. The summed E-state index contributed by atoms with van der Waals surface area (Å²) < 4.78 is 6.27. The fourth-order valence-electron chi connectivity index (χ4n) is 2.73. The van der Waals surface area contributed by atoms with Gasteiger partial charge in [0.25, 0.3) is 5.91 Å². The number of carbonyl (C=O) groups excluding carboxylic acids is 2. The summed E-state index contributed by atoms with van der Waals surface area (Å²) in [5, 5.41) is 0. The van der Waals surface area contributed by atoms with E-state index in [0.29, 0.717) is 18.1 Å². The third kappa shape index (κ3) is 5.86. The number of hydrogen-bond donors (Lipinski definition) is 2. The number of nitrogens with one attached hydrogen (secondary N) is 2. The van der Waals surface area contributed by atoms with E-state index in [0.717, 1.165) is 23.7 Å². The summed E-state index contributed by atoms with van der Waals surface area (Å²) in [4.78, 5) is 23.5. The maximum Gasteiger partial charge on any atom is 0.276 e. The van der Waals surface area contributed by atoms with E-state index in [1.807, 2.05) is 18.2 Å². The lowest BCUT2D eigenvalue weighted by atomic mass is 10.0. The Labute approximate surface area is 145 Å². The molecule has 0 saturated heterocycles. The van der Waals surface area contributed by atoms with E-state index in [2.05, 4.69) is 33.7 Å². The van der Waals surface area contributed by atoms with E-state index in [4.69, 9.17) is 4.74 Å². The fourth-order valence-corrected chi connectivity index (χ4v) is 3.27. The molecule has 0 radical (unpaired) electrons. The number of halogens is 1. The lowest BCUT2D eigenvalue weighted by molar-refractivity contribution is -0.130. The molecule has 0 aliphatic heterocycles. The highest BCUT2D eigenvalue weighted by Crippen LogP contribution is 2.27. The normalized spacial score (nSPS) is 14.5. The lowest BCUT2D eigenvalue weighted by Crippen LogP contribution is -2.44. The number of benzene rings is 1. The number of amides is 2. The topological polar surface area (TPSA) is 67.4 Å². The summed E-state index contributed by atoms with van der Waals surface area (Å²) >= 11 is 3.42. The zero-order valence-corrected chi connectivity index (χ0v) is 14.9. The number of aryl methyl sites for hydroxylation is 1. The van der Waals surface area contributed by atoms with Crippen molar-refractivity contribution in [2.75, 3.05) is 6.61 Å². The van der Waals surface area contributed by atoms with Crippen molar-refractivity contribution in [3.05, 3.63) is 28.2 Å². The maximum absolute atomic E-state index is 11.7. The summed E-state index contributed by atoms with van der Waals surface area (Å²) in [6, 6.07) is 5.76. The van der Waals surface area contributed by atoms with Gasteiger partial charge in [0.15, 0.2) is 6.61 Å². The maximum atomic E-state index is 11.7. The van der Waals surface area contributed by atoms with Gasteiger partial charge in [-0.25, -0.2) is 0 Å². The minimum atomic E-state index is -0.378. The Bertz CT molecular complexity index is 557. The van der Waals surface area contributed by atoms with Crippen molar-refractivity contribution in [1.29, 1.82) is 0 Å². The molecular weight excluding hydrogens is 360 g/mol. The summed E-state index contributed by atoms with van der Waals surface area (Å²) in [5.41, 5.74) is 6.03. The van der Waals surface area contributed by atoms with Gasteiger partial charge < -0.3 is 4.74 Å². The van der Waals surface area contributed by atoms with E-state index in [1.54, 1.807) is 0 Å². The minimum absolute atomic E-state index is 0.140. The molecule has 2 N–H and O–H groups in total. The van der Waals surface area contributed by atoms with Crippen LogP contribution in [0.1, 0.15) is 44.6 Å². The molecule has 0 atom stereocenters. The van der Waals surface area contributed by atoms with Gasteiger partial charge in [0, 0.05) is 6.42 Å². The molecular formula is C17H23BrN2O3. The van der Waals surface area contributed by atoms with Gasteiger partial charge in [0.2, 0.25) is 5.91 Å². The minimum Gasteiger partial charge on any atom is -0.483 e. The van der Waals surface area contributed by atoms with Crippen LogP contribution in [0.2, 0.25) is 0 Å². The van der Waals surface area contributed by atoms with Crippen molar-refractivity contribution in [3.8, 4) is 5.75 Å². The van der Waals surface area contributed by atoms with Gasteiger partial charge in [-0.1, -0.05) is 25.8 Å². The molecule has 2 amide bonds. The molecule has 1 aliphatic rings. The van der Waals surface area contributed by atoms with Crippen LogP contribution in [0.3, 0.4) is 0 Å². The molecule has 6 heteroatoms. The van der Waals surface area contributed by atoms with Crippen LogP contribution in [0, 0.1) is 5.92 Å². The highest BCUT2D eigenvalue weighted by molar-refractivity contribution is 9.10. The largest absolute Gasteiger partial charge is 0.483 e. The van der Waals surface area contributed by atoms with Crippen molar-refractivity contribution in [1.82, 2.24) is 10.9 Å². The van der Waals surface area contributed by atoms with Crippen LogP contribution in [-0.4, -0.2) is 18.4 Å². The molecule has 5 nitrogen and oxygen atoms in total. The Morgan fingerprint density at radius 2 is 1.91 bits per heavy atom. The van der Waals surface area contributed by atoms with Gasteiger partial charge in [-0.15, -0.1) is 0 Å². The predicted molar refractivity (Wildman–Crippen MR) is 91.9 cm³/mol. The molecule has 1 aromatic rings. The smallest absolute Gasteiger partial charge is 0.276 e. The molecule has 126 valence electrons. The van der Waals surface area contributed by atoms with Crippen molar-refractivity contribution in [3.63, 3.8) is 0 Å². The van der Waals surface area contributed by atoms with E-state index in [9.17, 15) is 9.59 Å². The Morgan fingerprint density at radius 3 is 2.57 bits per heavy atom. The number of carbonyl (C=O) groups is 2. The number of ether oxygens (including phenoxy) is 1. The molecule has 1 aromatic carbocycles. The molecule has 2 rings (SSSR count). The first-order chi connectivity index (χ1) is 11.1. The van der Waals surface area contributed by atoms with E-state index >= 15 is 0 Å². The lowest BCUT2D eigenvalue weighted by Gasteiger charge is -2.12. The average Bonchev–Trinajstić information content (AvgIpc) is 3.04. The van der Waals surface area contributed by atoms with Crippen molar-refractivity contribution in [2.45, 2.75) is 45.4 Å². The van der Waals surface area contributed by atoms with Crippen LogP contribution >= 0.6 is 15.9 Å². The fraction of sp³-hybridized carbons (Fsp3) is 0.529. The highest BCUT2D eigenvalue weighted by Gasteiger charge is 2.18. The zero-order chi connectivity index (χ0) is 16.7. The first kappa shape index (κ1) is 17.8. The van der Waals surface area contributed by atoms with Gasteiger partial charge in [0.1, 0.15) is 5.75 Å². The molecule has 23 heavy (non-hydrogen) atoms. The van der Waals surface area contributed by atoms with Gasteiger partial charge in [0.05, 0.1) is 4.47 Å². The van der Waals surface area contributed by atoms with Crippen molar-refractivity contribution < 1.29 is 14.3 Å². The SMILES string of the molecule is CCc1ccc(OCC(=O)NNC(=O)CC2CCCC2)c(Br)c1. The third-order valence-corrected chi connectivity index (χ3v) is 4.67. The van der Waals surface area contributed by atoms with Crippen LogP contribution in [0.4, 0.5) is 0 Å². The molecule has 0 aromatic heterocycles. The number of hydrazine groups is 1. The van der Waals surface area contributed by atoms with Gasteiger partial charge >= 0.3 is 0 Å². The standard InChI is InChI=1S/C17H23BrN2O3/c1-2-12-7-8-15(14(18)9-12)23-11-17(22)20-19-16(21)10-13-5-3-4-6-13/h7-9,13H,2-6,10-11H2,1H3,(H,19,21)(H,20,22). The van der Waals surface area contributed by atoms with E-state index in [-0.39, 0.29) is 18.4 Å². The summed E-state index contributed by atoms with van der Waals surface area (Å²) in [6.07, 6.45) is 6.02. The number of hydrogen-bond acceptors (Lipinski definition) is 3. The van der Waals surface area contributed by atoms with Crippen LogP contribution in [0.5, 0.6) is 5.75 Å². The van der Waals surface area contributed by atoms with E-state index < -0.39 is 0 Å². The van der Waals surface area contributed by atoms with Crippen LogP contribution in [0.15, 0.2) is 22.7 Å². The quantitative estimate of drug-likeness (QED) is 0.742. The molecule has 0 heterocycles. The molecule has 0 bridgehead atoms.